The van der Waals surface area contributed by atoms with Crippen LogP contribution in [0.4, 0.5) is 0 Å². The molecule has 0 bridgehead atoms. The molecule has 5 nitrogen and oxygen atoms in total. The first-order valence-corrected chi connectivity index (χ1v) is 10.2. The third-order valence-corrected chi connectivity index (χ3v) is 5.30. The van der Waals surface area contributed by atoms with E-state index in [4.69, 9.17) is 14.0 Å². The monoisotopic (exact) mass is 410 g/mol. The highest BCUT2D eigenvalue weighted by molar-refractivity contribution is 6.05. The van der Waals surface area contributed by atoms with Crippen LogP contribution >= 0.6 is 0 Å². The maximum atomic E-state index is 5.87. The first-order chi connectivity index (χ1) is 15.3. The second-order valence-corrected chi connectivity index (χ2v) is 7.16. The highest BCUT2D eigenvalue weighted by Crippen LogP contribution is 2.41. The Labute approximate surface area is 180 Å². The van der Waals surface area contributed by atoms with Crippen molar-refractivity contribution in [2.24, 2.45) is 0 Å². The molecule has 0 fully saturated rings. The quantitative estimate of drug-likeness (QED) is 0.344. The minimum atomic E-state index is 0.597. The van der Waals surface area contributed by atoms with E-state index in [1.54, 1.807) is 7.11 Å². The third kappa shape index (κ3) is 3.44. The van der Waals surface area contributed by atoms with Crippen LogP contribution in [0.3, 0.4) is 0 Å². The van der Waals surface area contributed by atoms with Gasteiger partial charge < -0.3 is 19.0 Å². The number of benzene rings is 3. The highest BCUT2D eigenvalue weighted by Gasteiger charge is 2.20. The van der Waals surface area contributed by atoms with Crippen LogP contribution in [-0.4, -0.2) is 23.9 Å². The van der Waals surface area contributed by atoms with Crippen molar-refractivity contribution in [2.45, 2.75) is 6.92 Å². The van der Waals surface area contributed by atoms with Crippen LogP contribution in [0, 0.1) is 0 Å². The van der Waals surface area contributed by atoms with Crippen molar-refractivity contribution in [3.63, 3.8) is 0 Å². The molecular weight excluding hydrogens is 388 g/mol. The predicted octanol–water partition coefficient (Wildman–Crippen LogP) is 6.56. The number of aromatic amines is 1. The summed E-state index contributed by atoms with van der Waals surface area (Å²) in [6.45, 7) is 2.58. The molecule has 2 aromatic heterocycles. The summed E-state index contributed by atoms with van der Waals surface area (Å²) in [5, 5.41) is 5.47. The molecule has 5 rings (SSSR count). The standard InChI is InChI=1S/C26H22N2O3/c1-3-30-22-11-7-10-20-24(18-8-5-4-6-9-18)26(27-25(20)22)21-16-23(31-28-21)17-12-14-19(29-2)15-13-17/h4-16,27H,3H2,1-2H3. The number of nitrogens with one attached hydrogen (secondary N) is 1. The molecule has 0 saturated heterocycles. The van der Waals surface area contributed by atoms with E-state index >= 15 is 0 Å². The van der Waals surface area contributed by atoms with Crippen LogP contribution < -0.4 is 9.47 Å². The fourth-order valence-corrected chi connectivity index (χ4v) is 3.85. The molecule has 0 aliphatic carbocycles. The molecule has 0 aliphatic rings. The van der Waals surface area contributed by atoms with Crippen LogP contribution in [0.5, 0.6) is 11.5 Å². The number of rotatable bonds is 6. The summed E-state index contributed by atoms with van der Waals surface area (Å²) in [5.74, 6) is 2.32. The van der Waals surface area contributed by atoms with Gasteiger partial charge in [0.25, 0.3) is 0 Å². The van der Waals surface area contributed by atoms with Crippen molar-refractivity contribution < 1.29 is 14.0 Å². The number of hydrogen-bond acceptors (Lipinski definition) is 4. The molecule has 31 heavy (non-hydrogen) atoms. The summed E-state index contributed by atoms with van der Waals surface area (Å²) in [5.41, 5.74) is 5.71. The van der Waals surface area contributed by atoms with Crippen molar-refractivity contribution in [2.75, 3.05) is 13.7 Å². The highest BCUT2D eigenvalue weighted by atomic mass is 16.5. The summed E-state index contributed by atoms with van der Waals surface area (Å²) >= 11 is 0. The molecule has 0 unspecified atom stereocenters. The average molecular weight is 410 g/mol. The lowest BCUT2D eigenvalue weighted by Crippen LogP contribution is -1.91. The number of aromatic nitrogens is 2. The minimum absolute atomic E-state index is 0.597. The Morgan fingerprint density at radius 3 is 2.45 bits per heavy atom. The molecule has 1 N–H and O–H groups in total. The van der Waals surface area contributed by atoms with Gasteiger partial charge in [0.2, 0.25) is 0 Å². The maximum absolute atomic E-state index is 5.87. The molecule has 0 spiro atoms. The first kappa shape index (κ1) is 19.0. The van der Waals surface area contributed by atoms with Gasteiger partial charge in [-0.1, -0.05) is 47.6 Å². The second-order valence-electron chi connectivity index (χ2n) is 7.16. The lowest BCUT2D eigenvalue weighted by Gasteiger charge is -2.05. The lowest BCUT2D eigenvalue weighted by atomic mass is 10.00. The molecule has 0 saturated carbocycles. The van der Waals surface area contributed by atoms with E-state index in [0.717, 1.165) is 50.5 Å². The van der Waals surface area contributed by atoms with Crippen molar-refractivity contribution >= 4 is 10.9 Å². The predicted molar refractivity (Wildman–Crippen MR) is 122 cm³/mol. The van der Waals surface area contributed by atoms with E-state index in [9.17, 15) is 0 Å². The molecule has 0 radical (unpaired) electrons. The van der Waals surface area contributed by atoms with Gasteiger partial charge >= 0.3 is 0 Å². The van der Waals surface area contributed by atoms with E-state index in [1.165, 1.54) is 0 Å². The average Bonchev–Trinajstić information content (AvgIpc) is 3.45. The zero-order valence-electron chi connectivity index (χ0n) is 17.4. The van der Waals surface area contributed by atoms with Crippen LogP contribution in [0.25, 0.3) is 44.7 Å². The molecule has 0 aliphatic heterocycles. The number of fused-ring (bicyclic) bond motifs is 1. The molecule has 0 amide bonds. The molecule has 5 heteroatoms. The zero-order valence-corrected chi connectivity index (χ0v) is 17.4. The minimum Gasteiger partial charge on any atom is -0.497 e. The Balaban J connectivity index is 1.67. The Morgan fingerprint density at radius 2 is 1.71 bits per heavy atom. The van der Waals surface area contributed by atoms with E-state index in [1.807, 2.05) is 67.6 Å². The fourth-order valence-electron chi connectivity index (χ4n) is 3.85. The van der Waals surface area contributed by atoms with Gasteiger partial charge in [-0.15, -0.1) is 0 Å². The Morgan fingerprint density at radius 1 is 0.903 bits per heavy atom. The van der Waals surface area contributed by atoms with Crippen LogP contribution in [0.15, 0.2) is 83.4 Å². The number of hydrogen-bond donors (Lipinski definition) is 1. The molecule has 3 aromatic carbocycles. The Kier molecular flexibility index (Phi) is 4.92. The Bertz CT molecular complexity index is 1320. The third-order valence-electron chi connectivity index (χ3n) is 5.30. The summed E-state index contributed by atoms with van der Waals surface area (Å²) < 4.78 is 16.8. The SMILES string of the molecule is CCOc1cccc2c(-c3ccccc3)c(-c3cc(-c4ccc(OC)cc4)on3)[nH]c12. The van der Waals surface area contributed by atoms with Crippen LogP contribution in [0.1, 0.15) is 6.92 Å². The van der Waals surface area contributed by atoms with Gasteiger partial charge in [0.05, 0.1) is 24.9 Å². The van der Waals surface area contributed by atoms with Gasteiger partial charge in [0, 0.05) is 22.6 Å². The van der Waals surface area contributed by atoms with Crippen LogP contribution in [-0.2, 0) is 0 Å². The summed E-state index contributed by atoms with van der Waals surface area (Å²) in [6.07, 6.45) is 0. The number of methoxy groups -OCH3 is 1. The molecule has 5 aromatic rings. The number of ether oxygens (including phenoxy) is 2. The molecule has 2 heterocycles. The van der Waals surface area contributed by atoms with Crippen LogP contribution in [0.2, 0.25) is 0 Å². The zero-order chi connectivity index (χ0) is 21.2. The van der Waals surface area contributed by atoms with Gasteiger partial charge in [0.1, 0.15) is 17.2 Å². The van der Waals surface area contributed by atoms with E-state index in [-0.39, 0.29) is 0 Å². The van der Waals surface area contributed by atoms with E-state index in [2.05, 4.69) is 28.3 Å². The van der Waals surface area contributed by atoms with Gasteiger partial charge in [-0.25, -0.2) is 0 Å². The fraction of sp³-hybridized carbons (Fsp3) is 0.115. The second kappa shape index (κ2) is 8.03. The number of H-pyrrole nitrogens is 1. The van der Waals surface area contributed by atoms with Gasteiger partial charge in [-0.3, -0.25) is 0 Å². The number of nitrogens with zero attached hydrogens (tertiary/aromatic N) is 1. The number of para-hydroxylation sites is 1. The summed E-state index contributed by atoms with van der Waals surface area (Å²) in [6, 6.07) is 26.1. The lowest BCUT2D eigenvalue weighted by molar-refractivity contribution is 0.344. The largest absolute Gasteiger partial charge is 0.497 e. The van der Waals surface area contributed by atoms with E-state index in [0.29, 0.717) is 12.4 Å². The Hall–Kier alpha value is -3.99. The van der Waals surface area contributed by atoms with Gasteiger partial charge in [-0.05, 0) is 42.8 Å². The van der Waals surface area contributed by atoms with Crippen molar-refractivity contribution in [3.05, 3.63) is 78.9 Å². The van der Waals surface area contributed by atoms with Crippen molar-refractivity contribution in [1.29, 1.82) is 0 Å². The molecular formula is C26H22N2O3. The van der Waals surface area contributed by atoms with Crippen molar-refractivity contribution in [3.8, 4) is 45.3 Å². The molecule has 0 atom stereocenters. The van der Waals surface area contributed by atoms with Crippen molar-refractivity contribution in [1.82, 2.24) is 10.1 Å². The summed E-state index contributed by atoms with van der Waals surface area (Å²) in [4.78, 5) is 3.55. The van der Waals surface area contributed by atoms with Gasteiger partial charge in [-0.2, -0.15) is 0 Å². The topological polar surface area (TPSA) is 60.3 Å². The smallest absolute Gasteiger partial charge is 0.167 e. The van der Waals surface area contributed by atoms with E-state index < -0.39 is 0 Å². The molecule has 154 valence electrons. The summed E-state index contributed by atoms with van der Waals surface area (Å²) in [7, 11) is 1.65. The first-order valence-electron chi connectivity index (χ1n) is 10.2. The normalized spacial score (nSPS) is 11.0. The maximum Gasteiger partial charge on any atom is 0.167 e. The van der Waals surface area contributed by atoms with Gasteiger partial charge in [0.15, 0.2) is 5.76 Å².